The topological polar surface area (TPSA) is 69.6 Å². The summed E-state index contributed by atoms with van der Waals surface area (Å²) in [5.41, 5.74) is 1.06. The van der Waals surface area contributed by atoms with Gasteiger partial charge in [-0.3, -0.25) is 5.32 Å². The fourth-order valence-corrected chi connectivity index (χ4v) is 3.48. The molecule has 1 aromatic rings. The summed E-state index contributed by atoms with van der Waals surface area (Å²) in [4.78, 5) is 26.2. The van der Waals surface area contributed by atoms with Gasteiger partial charge in [-0.15, -0.1) is 11.3 Å². The lowest BCUT2D eigenvalue weighted by atomic mass is 9.93. The van der Waals surface area contributed by atoms with Gasteiger partial charge in [0.1, 0.15) is 5.00 Å². The molecule has 0 spiro atoms. The number of hydrogen-bond donors (Lipinski definition) is 2. The van der Waals surface area contributed by atoms with Crippen LogP contribution >= 0.6 is 11.3 Å². The molecule has 0 bridgehead atoms. The van der Waals surface area contributed by atoms with Crippen LogP contribution in [-0.4, -0.2) is 35.1 Å². The van der Waals surface area contributed by atoms with E-state index in [1.807, 2.05) is 6.92 Å². The van der Waals surface area contributed by atoms with Crippen LogP contribution in [0.1, 0.15) is 41.1 Å². The zero-order chi connectivity index (χ0) is 15.1. The van der Waals surface area contributed by atoms with E-state index in [0.717, 1.165) is 16.9 Å². The van der Waals surface area contributed by atoms with E-state index in [4.69, 9.17) is 0 Å². The van der Waals surface area contributed by atoms with Crippen LogP contribution in [0.4, 0.5) is 9.80 Å². The molecular formula is C14H20N2O3S. The molecule has 0 aliphatic carbocycles. The van der Waals surface area contributed by atoms with Gasteiger partial charge in [-0.2, -0.15) is 0 Å². The van der Waals surface area contributed by atoms with Crippen LogP contribution in [0, 0.1) is 19.3 Å². The van der Waals surface area contributed by atoms with Crippen LogP contribution in [0.2, 0.25) is 0 Å². The van der Waals surface area contributed by atoms with E-state index in [0.29, 0.717) is 18.1 Å². The molecule has 1 saturated heterocycles. The molecule has 2 heterocycles. The van der Waals surface area contributed by atoms with Crippen LogP contribution in [0.25, 0.3) is 0 Å². The lowest BCUT2D eigenvalue weighted by Gasteiger charge is -2.20. The molecular weight excluding hydrogens is 276 g/mol. The van der Waals surface area contributed by atoms with E-state index < -0.39 is 5.97 Å². The van der Waals surface area contributed by atoms with Gasteiger partial charge < -0.3 is 10.0 Å². The molecule has 0 atom stereocenters. The standard InChI is InChI=1S/C14H20N2O3S/c1-8-9(2)20-11(10(8)12(17)18)15-13(19)16-6-5-14(3,4)7-16/h5-7H2,1-4H3,(H,15,19)(H,17,18). The van der Waals surface area contributed by atoms with Crippen LogP contribution in [0.3, 0.4) is 0 Å². The lowest BCUT2D eigenvalue weighted by molar-refractivity contribution is 0.0697. The number of anilines is 1. The normalized spacial score (nSPS) is 17.3. The van der Waals surface area contributed by atoms with Crippen molar-refractivity contribution in [3.8, 4) is 0 Å². The summed E-state index contributed by atoms with van der Waals surface area (Å²) in [5, 5.41) is 12.5. The number of carboxylic acids is 1. The Morgan fingerprint density at radius 1 is 1.35 bits per heavy atom. The van der Waals surface area contributed by atoms with E-state index in [1.165, 1.54) is 11.3 Å². The number of nitrogens with one attached hydrogen (secondary N) is 1. The van der Waals surface area contributed by atoms with Gasteiger partial charge in [0.15, 0.2) is 0 Å². The van der Waals surface area contributed by atoms with Gasteiger partial charge in [-0.05, 0) is 31.2 Å². The van der Waals surface area contributed by atoms with Gasteiger partial charge in [0.05, 0.1) is 5.56 Å². The predicted molar refractivity (Wildman–Crippen MR) is 79.7 cm³/mol. The molecule has 0 aromatic carbocycles. The number of rotatable bonds is 2. The highest BCUT2D eigenvalue weighted by atomic mass is 32.1. The van der Waals surface area contributed by atoms with Gasteiger partial charge in [-0.25, -0.2) is 9.59 Å². The summed E-state index contributed by atoms with van der Waals surface area (Å²) in [6.45, 7) is 9.30. The van der Waals surface area contributed by atoms with Crippen molar-refractivity contribution in [3.63, 3.8) is 0 Å². The highest BCUT2D eigenvalue weighted by molar-refractivity contribution is 7.16. The van der Waals surface area contributed by atoms with Crippen molar-refractivity contribution in [2.75, 3.05) is 18.4 Å². The number of thiophene rings is 1. The summed E-state index contributed by atoms with van der Waals surface area (Å²) >= 11 is 1.32. The molecule has 2 amide bonds. The summed E-state index contributed by atoms with van der Waals surface area (Å²) in [5.74, 6) is -0.996. The second kappa shape index (κ2) is 5.09. The second-order valence-electron chi connectivity index (χ2n) is 6.06. The van der Waals surface area contributed by atoms with E-state index >= 15 is 0 Å². The predicted octanol–water partition coefficient (Wildman–Crippen LogP) is 3.33. The molecule has 110 valence electrons. The molecule has 2 rings (SSSR count). The zero-order valence-corrected chi connectivity index (χ0v) is 13.1. The summed E-state index contributed by atoms with van der Waals surface area (Å²) in [7, 11) is 0. The van der Waals surface area contributed by atoms with E-state index in [1.54, 1.807) is 11.8 Å². The van der Waals surface area contributed by atoms with Gasteiger partial charge in [0.2, 0.25) is 0 Å². The molecule has 0 radical (unpaired) electrons. The number of likely N-dealkylation sites (tertiary alicyclic amines) is 1. The SMILES string of the molecule is Cc1sc(NC(=O)N2CCC(C)(C)C2)c(C(=O)O)c1C. The number of aryl methyl sites for hydroxylation is 1. The van der Waals surface area contributed by atoms with Crippen molar-refractivity contribution in [2.45, 2.75) is 34.1 Å². The Labute approximate surface area is 122 Å². The van der Waals surface area contributed by atoms with Crippen molar-refractivity contribution in [2.24, 2.45) is 5.41 Å². The Kier molecular flexibility index (Phi) is 3.77. The monoisotopic (exact) mass is 296 g/mol. The maximum absolute atomic E-state index is 12.2. The molecule has 1 aliphatic heterocycles. The average molecular weight is 296 g/mol. The molecule has 0 saturated carbocycles. The lowest BCUT2D eigenvalue weighted by Crippen LogP contribution is -2.34. The Morgan fingerprint density at radius 3 is 2.50 bits per heavy atom. The quantitative estimate of drug-likeness (QED) is 0.879. The highest BCUT2D eigenvalue weighted by Crippen LogP contribution is 2.34. The molecule has 1 aliphatic rings. The summed E-state index contributed by atoms with van der Waals surface area (Å²) in [6.07, 6.45) is 0.967. The largest absolute Gasteiger partial charge is 0.478 e. The maximum Gasteiger partial charge on any atom is 0.338 e. The molecule has 20 heavy (non-hydrogen) atoms. The first-order valence-electron chi connectivity index (χ1n) is 6.60. The fraction of sp³-hybridized carbons (Fsp3) is 0.571. The number of hydrogen-bond acceptors (Lipinski definition) is 3. The van der Waals surface area contributed by atoms with Crippen molar-refractivity contribution in [3.05, 3.63) is 16.0 Å². The van der Waals surface area contributed by atoms with Crippen LogP contribution in [0.15, 0.2) is 0 Å². The number of amides is 2. The minimum Gasteiger partial charge on any atom is -0.478 e. The Balaban J connectivity index is 2.17. The summed E-state index contributed by atoms with van der Waals surface area (Å²) in [6, 6.07) is -0.209. The number of aromatic carboxylic acids is 1. The molecule has 1 fully saturated rings. The van der Waals surface area contributed by atoms with Crippen LogP contribution in [-0.2, 0) is 0 Å². The first kappa shape index (κ1) is 14.8. The third-order valence-corrected chi connectivity index (χ3v) is 4.91. The van der Waals surface area contributed by atoms with Crippen molar-refractivity contribution in [1.29, 1.82) is 0 Å². The van der Waals surface area contributed by atoms with Crippen LogP contribution in [0.5, 0.6) is 0 Å². The maximum atomic E-state index is 12.2. The molecule has 5 nitrogen and oxygen atoms in total. The minimum absolute atomic E-state index is 0.133. The zero-order valence-electron chi connectivity index (χ0n) is 12.2. The van der Waals surface area contributed by atoms with E-state index in [9.17, 15) is 14.7 Å². The Bertz CT molecular complexity index is 563. The van der Waals surface area contributed by atoms with Crippen molar-refractivity contribution >= 4 is 28.3 Å². The van der Waals surface area contributed by atoms with Gasteiger partial charge in [-0.1, -0.05) is 13.8 Å². The third-order valence-electron chi connectivity index (χ3n) is 3.78. The molecule has 1 aromatic heterocycles. The first-order valence-corrected chi connectivity index (χ1v) is 7.42. The number of carbonyl (C=O) groups excluding carboxylic acids is 1. The van der Waals surface area contributed by atoms with Crippen molar-refractivity contribution < 1.29 is 14.7 Å². The fourth-order valence-electron chi connectivity index (χ4n) is 2.43. The summed E-state index contributed by atoms with van der Waals surface area (Å²) < 4.78 is 0. The van der Waals surface area contributed by atoms with Crippen LogP contribution < -0.4 is 5.32 Å². The second-order valence-corrected chi connectivity index (χ2v) is 7.28. The Hall–Kier alpha value is -1.56. The van der Waals surface area contributed by atoms with E-state index in [2.05, 4.69) is 19.2 Å². The molecule has 2 N–H and O–H groups in total. The number of carbonyl (C=O) groups is 2. The number of carboxylic acid groups (broad SMARTS) is 1. The number of nitrogens with zero attached hydrogens (tertiary/aromatic N) is 1. The molecule has 6 heteroatoms. The van der Waals surface area contributed by atoms with Gasteiger partial charge >= 0.3 is 12.0 Å². The average Bonchev–Trinajstić information content (AvgIpc) is 2.80. The smallest absolute Gasteiger partial charge is 0.338 e. The molecule has 0 unspecified atom stereocenters. The first-order chi connectivity index (χ1) is 9.21. The highest BCUT2D eigenvalue weighted by Gasteiger charge is 2.32. The minimum atomic E-state index is -0.996. The third kappa shape index (κ3) is 2.80. The number of urea groups is 1. The Morgan fingerprint density at radius 2 is 2.00 bits per heavy atom. The van der Waals surface area contributed by atoms with Gasteiger partial charge in [0.25, 0.3) is 0 Å². The van der Waals surface area contributed by atoms with Gasteiger partial charge in [0, 0.05) is 18.0 Å². The van der Waals surface area contributed by atoms with E-state index in [-0.39, 0.29) is 17.0 Å². The van der Waals surface area contributed by atoms with Crippen molar-refractivity contribution in [1.82, 2.24) is 4.90 Å².